The maximum atomic E-state index is 10.6. The Labute approximate surface area is 81.7 Å². The molecule has 14 heavy (non-hydrogen) atoms. The van der Waals surface area contributed by atoms with Gasteiger partial charge in [0.15, 0.2) is 0 Å². The van der Waals surface area contributed by atoms with Gasteiger partial charge < -0.3 is 9.67 Å². The van der Waals surface area contributed by atoms with Gasteiger partial charge >= 0.3 is 5.97 Å². The third kappa shape index (κ3) is 2.02. The van der Waals surface area contributed by atoms with Crippen molar-refractivity contribution in [2.45, 2.75) is 13.5 Å². The summed E-state index contributed by atoms with van der Waals surface area (Å²) in [5.41, 5.74) is 0.477. The quantitative estimate of drug-likeness (QED) is 0.580. The van der Waals surface area contributed by atoms with E-state index in [-0.39, 0.29) is 5.57 Å². The molecule has 0 saturated heterocycles. The van der Waals surface area contributed by atoms with E-state index in [0.717, 1.165) is 12.2 Å². The minimum atomic E-state index is -1.20. The molecule has 72 valence electrons. The van der Waals surface area contributed by atoms with Gasteiger partial charge in [0.25, 0.3) is 0 Å². The normalized spacial score (nSPS) is 11.0. The molecule has 0 atom stereocenters. The van der Waals surface area contributed by atoms with Crippen LogP contribution >= 0.6 is 0 Å². The van der Waals surface area contributed by atoms with Crippen LogP contribution in [0.15, 0.2) is 23.9 Å². The summed E-state index contributed by atoms with van der Waals surface area (Å²) in [4.78, 5) is 10.6. The minimum absolute atomic E-state index is 0.251. The van der Waals surface area contributed by atoms with Crippen LogP contribution in [0, 0.1) is 11.3 Å². The molecule has 1 aromatic rings. The molecule has 0 saturated carbocycles. The molecule has 4 nitrogen and oxygen atoms in total. The first-order chi connectivity index (χ1) is 6.69. The lowest BCUT2D eigenvalue weighted by Crippen LogP contribution is -2.00. The summed E-state index contributed by atoms with van der Waals surface area (Å²) in [6, 6.07) is 5.22. The van der Waals surface area contributed by atoms with Crippen LogP contribution in [0.25, 0.3) is 6.08 Å². The van der Waals surface area contributed by atoms with Crippen molar-refractivity contribution in [2.75, 3.05) is 0 Å². The number of aryl methyl sites for hydroxylation is 1. The van der Waals surface area contributed by atoms with Gasteiger partial charge in [-0.2, -0.15) is 5.26 Å². The molecular weight excluding hydrogens is 180 g/mol. The first kappa shape index (κ1) is 10.1. The average Bonchev–Trinajstić information content (AvgIpc) is 2.60. The summed E-state index contributed by atoms with van der Waals surface area (Å²) >= 11 is 0. The monoisotopic (exact) mass is 190 g/mol. The highest BCUT2D eigenvalue weighted by molar-refractivity contribution is 5.96. The molecule has 0 aromatic carbocycles. The molecule has 0 amide bonds. The molecule has 4 heteroatoms. The molecule has 1 rings (SSSR count). The lowest BCUT2D eigenvalue weighted by molar-refractivity contribution is -0.132. The smallest absolute Gasteiger partial charge is 0.346 e. The first-order valence-corrected chi connectivity index (χ1v) is 4.19. The van der Waals surface area contributed by atoms with Gasteiger partial charge in [0.2, 0.25) is 0 Å². The topological polar surface area (TPSA) is 66.0 Å². The Morgan fingerprint density at radius 3 is 3.00 bits per heavy atom. The van der Waals surface area contributed by atoms with Crippen LogP contribution < -0.4 is 0 Å². The van der Waals surface area contributed by atoms with E-state index in [2.05, 4.69) is 0 Å². The van der Waals surface area contributed by atoms with Crippen LogP contribution in [0.1, 0.15) is 12.6 Å². The summed E-state index contributed by atoms with van der Waals surface area (Å²) in [5.74, 6) is -1.20. The second-order valence-corrected chi connectivity index (χ2v) is 2.69. The van der Waals surface area contributed by atoms with Crippen LogP contribution in [-0.4, -0.2) is 15.6 Å². The fourth-order valence-electron chi connectivity index (χ4n) is 1.14. The van der Waals surface area contributed by atoms with Crippen molar-refractivity contribution in [1.82, 2.24) is 4.57 Å². The van der Waals surface area contributed by atoms with Crippen molar-refractivity contribution in [3.05, 3.63) is 29.6 Å². The van der Waals surface area contributed by atoms with Gasteiger partial charge in [0.05, 0.1) is 0 Å². The number of hydrogen-bond acceptors (Lipinski definition) is 2. The van der Waals surface area contributed by atoms with Crippen molar-refractivity contribution < 1.29 is 9.90 Å². The summed E-state index contributed by atoms with van der Waals surface area (Å²) in [6.45, 7) is 2.70. The molecule has 0 bridgehead atoms. The van der Waals surface area contributed by atoms with E-state index in [9.17, 15) is 4.79 Å². The number of nitriles is 1. The highest BCUT2D eigenvalue weighted by Gasteiger charge is 2.06. The van der Waals surface area contributed by atoms with Crippen LogP contribution in [0.3, 0.4) is 0 Å². The second kappa shape index (κ2) is 4.28. The van der Waals surface area contributed by atoms with Crippen molar-refractivity contribution in [3.63, 3.8) is 0 Å². The number of carbonyl (C=O) groups is 1. The number of hydrogen-bond donors (Lipinski definition) is 1. The Kier molecular flexibility index (Phi) is 3.08. The number of carboxylic acid groups (broad SMARTS) is 1. The van der Waals surface area contributed by atoms with Gasteiger partial charge in [-0.15, -0.1) is 0 Å². The van der Waals surface area contributed by atoms with Gasteiger partial charge in [-0.3, -0.25) is 0 Å². The number of rotatable bonds is 3. The Hall–Kier alpha value is -2.02. The molecular formula is C10H10N2O2. The molecule has 0 aliphatic rings. The highest BCUT2D eigenvalue weighted by Crippen LogP contribution is 2.08. The molecule has 0 unspecified atom stereocenters. The molecule has 1 heterocycles. The molecule has 0 aliphatic heterocycles. The Balaban J connectivity index is 3.07. The standard InChI is InChI=1S/C10H10N2O2/c1-2-12-5-3-4-9(12)6-8(7-11)10(13)14/h3-6H,2H2,1H3,(H,13,14)/b8-6+. The maximum Gasteiger partial charge on any atom is 0.346 e. The second-order valence-electron chi connectivity index (χ2n) is 2.69. The van der Waals surface area contributed by atoms with Crippen molar-refractivity contribution in [3.8, 4) is 6.07 Å². The Morgan fingerprint density at radius 2 is 2.50 bits per heavy atom. The predicted molar refractivity (Wildman–Crippen MR) is 51.3 cm³/mol. The highest BCUT2D eigenvalue weighted by atomic mass is 16.4. The SMILES string of the molecule is CCn1cccc1/C=C(\C#N)C(=O)O. The first-order valence-electron chi connectivity index (χ1n) is 4.19. The van der Waals surface area contributed by atoms with Gasteiger partial charge in [0.1, 0.15) is 11.6 Å². The number of nitrogens with zero attached hydrogens (tertiary/aromatic N) is 2. The fraction of sp³-hybridized carbons (Fsp3) is 0.200. The van der Waals surface area contributed by atoms with E-state index in [0.29, 0.717) is 0 Å². The van der Waals surface area contributed by atoms with E-state index >= 15 is 0 Å². The minimum Gasteiger partial charge on any atom is -0.477 e. The third-order valence-corrected chi connectivity index (χ3v) is 1.85. The van der Waals surface area contributed by atoms with Crippen molar-refractivity contribution in [1.29, 1.82) is 5.26 Å². The van der Waals surface area contributed by atoms with E-state index in [1.165, 1.54) is 6.08 Å². The molecule has 0 radical (unpaired) electrons. The van der Waals surface area contributed by atoms with E-state index < -0.39 is 5.97 Å². The summed E-state index contributed by atoms with van der Waals surface area (Å²) in [6.07, 6.45) is 3.20. The Morgan fingerprint density at radius 1 is 1.79 bits per heavy atom. The molecule has 1 N–H and O–H groups in total. The van der Waals surface area contributed by atoms with Crippen LogP contribution in [-0.2, 0) is 11.3 Å². The van der Waals surface area contributed by atoms with E-state index in [1.54, 1.807) is 12.1 Å². The third-order valence-electron chi connectivity index (χ3n) is 1.85. The lowest BCUT2D eigenvalue weighted by Gasteiger charge is -2.00. The lowest BCUT2D eigenvalue weighted by atomic mass is 10.2. The van der Waals surface area contributed by atoms with Gasteiger partial charge in [0, 0.05) is 18.4 Å². The number of carboxylic acids is 1. The maximum absolute atomic E-state index is 10.6. The molecule has 0 aliphatic carbocycles. The predicted octanol–water partition coefficient (Wildman–Crippen LogP) is 1.50. The van der Waals surface area contributed by atoms with E-state index in [4.69, 9.17) is 10.4 Å². The van der Waals surface area contributed by atoms with Gasteiger partial charge in [-0.1, -0.05) is 0 Å². The van der Waals surface area contributed by atoms with Crippen molar-refractivity contribution in [2.24, 2.45) is 0 Å². The summed E-state index contributed by atoms with van der Waals surface area (Å²) < 4.78 is 1.86. The van der Waals surface area contributed by atoms with Gasteiger partial charge in [-0.25, -0.2) is 4.79 Å². The zero-order chi connectivity index (χ0) is 10.6. The molecule has 0 spiro atoms. The summed E-state index contributed by atoms with van der Waals surface area (Å²) in [5, 5.41) is 17.2. The van der Waals surface area contributed by atoms with Crippen molar-refractivity contribution >= 4 is 12.0 Å². The number of aliphatic carboxylic acids is 1. The van der Waals surface area contributed by atoms with Crippen LogP contribution in [0.2, 0.25) is 0 Å². The number of aromatic nitrogens is 1. The van der Waals surface area contributed by atoms with E-state index in [1.807, 2.05) is 23.8 Å². The van der Waals surface area contributed by atoms with Crippen LogP contribution in [0.5, 0.6) is 0 Å². The Bertz CT molecular complexity index is 410. The summed E-state index contributed by atoms with van der Waals surface area (Å²) in [7, 11) is 0. The average molecular weight is 190 g/mol. The fourth-order valence-corrected chi connectivity index (χ4v) is 1.14. The zero-order valence-electron chi connectivity index (χ0n) is 7.77. The zero-order valence-corrected chi connectivity index (χ0v) is 7.77. The van der Waals surface area contributed by atoms with Crippen LogP contribution in [0.4, 0.5) is 0 Å². The molecule has 1 aromatic heterocycles. The molecule has 0 fully saturated rings. The largest absolute Gasteiger partial charge is 0.477 e. The van der Waals surface area contributed by atoms with Gasteiger partial charge in [-0.05, 0) is 25.1 Å².